The van der Waals surface area contributed by atoms with Gasteiger partial charge in [0.25, 0.3) is 11.6 Å². The van der Waals surface area contributed by atoms with E-state index in [-0.39, 0.29) is 35.1 Å². The molecule has 0 radical (unpaired) electrons. The predicted molar refractivity (Wildman–Crippen MR) is 114 cm³/mol. The minimum atomic E-state index is -1.23. The quantitative estimate of drug-likeness (QED) is 0.315. The van der Waals surface area contributed by atoms with Crippen molar-refractivity contribution in [2.45, 2.75) is 19.6 Å². The molecule has 0 heterocycles. The lowest BCUT2D eigenvalue weighted by Crippen LogP contribution is -2.30. The van der Waals surface area contributed by atoms with E-state index in [1.165, 1.54) is 49.4 Å². The summed E-state index contributed by atoms with van der Waals surface area (Å²) in [6, 6.07) is 17.7. The molecule has 0 spiro atoms. The Morgan fingerprint density at radius 2 is 1.69 bits per heavy atom. The van der Waals surface area contributed by atoms with Gasteiger partial charge in [-0.25, -0.2) is 9.18 Å². The number of hydrogen-bond acceptors (Lipinski definition) is 6. The molecule has 1 amide bonds. The van der Waals surface area contributed by atoms with Crippen molar-refractivity contribution in [3.8, 4) is 5.75 Å². The lowest BCUT2D eigenvalue weighted by molar-refractivity contribution is -0.383. The van der Waals surface area contributed by atoms with Crippen molar-refractivity contribution >= 4 is 23.3 Å². The fraction of sp³-hybridized carbons (Fsp3) is 0.130. The standard InChI is InChI=1S/C23H19FN2O6/c1-15(22(27)25-19-7-3-4-8-20(19)26(29)30)32-23(28)18-6-2-5-9-21(18)31-14-16-10-12-17(24)13-11-16/h2-13,15H,14H2,1H3,(H,25,27). The summed E-state index contributed by atoms with van der Waals surface area (Å²) in [5.41, 5.74) is 0.513. The van der Waals surface area contributed by atoms with Crippen LogP contribution in [-0.4, -0.2) is 22.9 Å². The van der Waals surface area contributed by atoms with Gasteiger partial charge in [0.15, 0.2) is 6.10 Å². The summed E-state index contributed by atoms with van der Waals surface area (Å²) in [5, 5.41) is 13.5. The molecule has 0 saturated heterocycles. The molecule has 164 valence electrons. The van der Waals surface area contributed by atoms with Crippen LogP contribution >= 0.6 is 0 Å². The topological polar surface area (TPSA) is 108 Å². The maximum absolute atomic E-state index is 13.0. The van der Waals surface area contributed by atoms with E-state index in [1.807, 2.05) is 0 Å². The van der Waals surface area contributed by atoms with Gasteiger partial charge in [0.1, 0.15) is 29.4 Å². The SMILES string of the molecule is CC(OC(=O)c1ccccc1OCc1ccc(F)cc1)C(=O)Nc1ccccc1[N+](=O)[O-]. The highest BCUT2D eigenvalue weighted by Crippen LogP contribution is 2.24. The second-order valence-electron chi connectivity index (χ2n) is 6.72. The molecule has 1 N–H and O–H groups in total. The number of para-hydroxylation sites is 3. The zero-order valence-corrected chi connectivity index (χ0v) is 17.0. The van der Waals surface area contributed by atoms with E-state index in [4.69, 9.17) is 9.47 Å². The third-order valence-electron chi connectivity index (χ3n) is 4.43. The number of amides is 1. The Morgan fingerprint density at radius 3 is 2.41 bits per heavy atom. The molecule has 0 aliphatic rings. The van der Waals surface area contributed by atoms with E-state index in [9.17, 15) is 24.1 Å². The van der Waals surface area contributed by atoms with Gasteiger partial charge in [-0.3, -0.25) is 14.9 Å². The number of ether oxygens (including phenoxy) is 2. The first-order valence-electron chi connectivity index (χ1n) is 9.56. The number of nitrogens with zero attached hydrogens (tertiary/aromatic N) is 1. The lowest BCUT2D eigenvalue weighted by atomic mass is 10.2. The van der Waals surface area contributed by atoms with Gasteiger partial charge in [-0.05, 0) is 42.8 Å². The van der Waals surface area contributed by atoms with Crippen LogP contribution in [0.5, 0.6) is 5.75 Å². The maximum atomic E-state index is 13.0. The second-order valence-corrected chi connectivity index (χ2v) is 6.72. The number of esters is 1. The lowest BCUT2D eigenvalue weighted by Gasteiger charge is -2.15. The molecule has 8 nitrogen and oxygen atoms in total. The molecule has 1 atom stereocenters. The van der Waals surface area contributed by atoms with Crippen LogP contribution in [0.15, 0.2) is 72.8 Å². The summed E-state index contributed by atoms with van der Waals surface area (Å²) in [5.74, 6) is -1.67. The third kappa shape index (κ3) is 5.66. The fourth-order valence-corrected chi connectivity index (χ4v) is 2.75. The minimum Gasteiger partial charge on any atom is -0.488 e. The van der Waals surface area contributed by atoms with Crippen LogP contribution < -0.4 is 10.1 Å². The third-order valence-corrected chi connectivity index (χ3v) is 4.43. The van der Waals surface area contributed by atoms with Crippen molar-refractivity contribution in [3.63, 3.8) is 0 Å². The van der Waals surface area contributed by atoms with E-state index < -0.39 is 22.9 Å². The summed E-state index contributed by atoms with van der Waals surface area (Å²) in [4.78, 5) is 35.5. The van der Waals surface area contributed by atoms with Crippen LogP contribution in [0.1, 0.15) is 22.8 Å². The average molecular weight is 438 g/mol. The van der Waals surface area contributed by atoms with Crippen molar-refractivity contribution in [2.75, 3.05) is 5.32 Å². The molecule has 0 aliphatic heterocycles. The fourth-order valence-electron chi connectivity index (χ4n) is 2.75. The number of anilines is 1. The molecule has 1 unspecified atom stereocenters. The van der Waals surface area contributed by atoms with Crippen molar-refractivity contribution in [1.82, 2.24) is 0 Å². The molecule has 0 saturated carbocycles. The monoisotopic (exact) mass is 438 g/mol. The predicted octanol–water partition coefficient (Wildman–Crippen LogP) is 4.50. The van der Waals surface area contributed by atoms with Crippen LogP contribution in [0.25, 0.3) is 0 Å². The van der Waals surface area contributed by atoms with Crippen molar-refractivity contribution in [3.05, 3.63) is 99.9 Å². The van der Waals surface area contributed by atoms with Crippen molar-refractivity contribution < 1.29 is 28.4 Å². The maximum Gasteiger partial charge on any atom is 0.342 e. The van der Waals surface area contributed by atoms with Crippen molar-refractivity contribution in [1.29, 1.82) is 0 Å². The van der Waals surface area contributed by atoms with Gasteiger partial charge in [0.2, 0.25) is 0 Å². The Balaban J connectivity index is 1.66. The van der Waals surface area contributed by atoms with E-state index in [0.717, 1.165) is 0 Å². The number of benzene rings is 3. The zero-order valence-electron chi connectivity index (χ0n) is 17.0. The molecule has 3 aromatic rings. The van der Waals surface area contributed by atoms with Gasteiger partial charge in [-0.2, -0.15) is 0 Å². The van der Waals surface area contributed by atoms with Crippen LogP contribution in [0, 0.1) is 15.9 Å². The Hall–Kier alpha value is -4.27. The second kappa shape index (κ2) is 10.2. The van der Waals surface area contributed by atoms with Gasteiger partial charge in [-0.1, -0.05) is 36.4 Å². The summed E-state index contributed by atoms with van der Waals surface area (Å²) in [6.07, 6.45) is -1.23. The van der Waals surface area contributed by atoms with E-state index in [0.29, 0.717) is 5.56 Å². The number of nitro groups is 1. The van der Waals surface area contributed by atoms with Crippen LogP contribution in [0.3, 0.4) is 0 Å². The number of hydrogen-bond donors (Lipinski definition) is 1. The van der Waals surface area contributed by atoms with Crippen LogP contribution in [0.2, 0.25) is 0 Å². The Bertz CT molecular complexity index is 1130. The normalized spacial score (nSPS) is 11.3. The highest BCUT2D eigenvalue weighted by Gasteiger charge is 2.23. The van der Waals surface area contributed by atoms with Gasteiger partial charge >= 0.3 is 5.97 Å². The highest BCUT2D eigenvalue weighted by molar-refractivity contribution is 5.99. The number of carbonyl (C=O) groups excluding carboxylic acids is 2. The first-order chi connectivity index (χ1) is 15.3. The first-order valence-corrected chi connectivity index (χ1v) is 9.56. The van der Waals surface area contributed by atoms with Gasteiger partial charge < -0.3 is 14.8 Å². The number of carbonyl (C=O) groups is 2. The molecular weight excluding hydrogens is 419 g/mol. The molecule has 3 rings (SSSR count). The largest absolute Gasteiger partial charge is 0.488 e. The van der Waals surface area contributed by atoms with Crippen molar-refractivity contribution in [2.24, 2.45) is 0 Å². The molecule has 3 aromatic carbocycles. The molecule has 0 aromatic heterocycles. The average Bonchev–Trinajstić information content (AvgIpc) is 2.79. The summed E-state index contributed by atoms with van der Waals surface area (Å²) in [6.45, 7) is 1.45. The van der Waals surface area contributed by atoms with Gasteiger partial charge in [0, 0.05) is 6.07 Å². The van der Waals surface area contributed by atoms with E-state index >= 15 is 0 Å². The molecule has 0 aliphatic carbocycles. The van der Waals surface area contributed by atoms with Crippen LogP contribution in [0.4, 0.5) is 15.8 Å². The first kappa shape index (κ1) is 22.4. The molecule has 0 bridgehead atoms. The van der Waals surface area contributed by atoms with E-state index in [1.54, 1.807) is 30.3 Å². The Morgan fingerprint density at radius 1 is 1.03 bits per heavy atom. The van der Waals surface area contributed by atoms with Gasteiger partial charge in [0.05, 0.1) is 4.92 Å². The van der Waals surface area contributed by atoms with Gasteiger partial charge in [-0.15, -0.1) is 0 Å². The van der Waals surface area contributed by atoms with E-state index in [2.05, 4.69) is 5.32 Å². The molecule has 9 heteroatoms. The number of nitrogens with one attached hydrogen (secondary N) is 1. The number of nitro benzene ring substituents is 1. The smallest absolute Gasteiger partial charge is 0.342 e. The number of rotatable bonds is 8. The van der Waals surface area contributed by atoms with Crippen LogP contribution in [-0.2, 0) is 16.1 Å². The zero-order chi connectivity index (χ0) is 23.1. The summed E-state index contributed by atoms with van der Waals surface area (Å²) in [7, 11) is 0. The highest BCUT2D eigenvalue weighted by atomic mass is 19.1. The Kier molecular flexibility index (Phi) is 7.12. The summed E-state index contributed by atoms with van der Waals surface area (Å²) >= 11 is 0. The summed E-state index contributed by atoms with van der Waals surface area (Å²) < 4.78 is 23.9. The number of halogens is 1. The Labute approximate surface area is 182 Å². The minimum absolute atomic E-state index is 0.00608. The molecular formula is C23H19FN2O6. The molecule has 32 heavy (non-hydrogen) atoms. The molecule has 0 fully saturated rings.